The van der Waals surface area contributed by atoms with Gasteiger partial charge in [0.25, 0.3) is 0 Å². The minimum atomic E-state index is -3.38. The maximum absolute atomic E-state index is 12.3. The monoisotopic (exact) mass is 304 g/mol. The zero-order chi connectivity index (χ0) is 14.5. The normalized spacial score (nSPS) is 12.3. The molecule has 1 rings (SSSR count). The van der Waals surface area contributed by atoms with Crippen LogP contribution in [-0.4, -0.2) is 22.0 Å². The Bertz CT molecular complexity index is 493. The fourth-order valence-electron chi connectivity index (χ4n) is 1.92. The van der Waals surface area contributed by atoms with Gasteiger partial charge in [-0.25, -0.2) is 13.1 Å². The van der Waals surface area contributed by atoms with Crippen molar-refractivity contribution in [2.75, 3.05) is 13.6 Å². The van der Waals surface area contributed by atoms with Gasteiger partial charge >= 0.3 is 0 Å². The van der Waals surface area contributed by atoms with Crippen molar-refractivity contribution in [3.63, 3.8) is 0 Å². The van der Waals surface area contributed by atoms with E-state index in [4.69, 9.17) is 0 Å². The average molecular weight is 304 g/mol. The van der Waals surface area contributed by atoms with E-state index in [1.807, 2.05) is 19.4 Å². The first kappa shape index (κ1) is 16.6. The van der Waals surface area contributed by atoms with Gasteiger partial charge < -0.3 is 5.32 Å². The van der Waals surface area contributed by atoms with Crippen molar-refractivity contribution in [3.8, 4) is 0 Å². The summed E-state index contributed by atoms with van der Waals surface area (Å²) in [6, 6.07) is 0. The molecule has 0 amide bonds. The molecule has 6 heteroatoms. The van der Waals surface area contributed by atoms with Gasteiger partial charge in [-0.15, -0.1) is 11.3 Å². The lowest BCUT2D eigenvalue weighted by Crippen LogP contribution is -2.26. The Hall–Kier alpha value is -0.430. The van der Waals surface area contributed by atoms with Crippen molar-refractivity contribution >= 4 is 21.4 Å². The van der Waals surface area contributed by atoms with Crippen molar-refractivity contribution in [1.29, 1.82) is 0 Å². The molecule has 0 aliphatic carbocycles. The fraction of sp³-hybridized carbons (Fsp3) is 0.692. The molecule has 0 bridgehead atoms. The third-order valence-corrected chi connectivity index (χ3v) is 5.77. The molecule has 4 nitrogen and oxygen atoms in total. The summed E-state index contributed by atoms with van der Waals surface area (Å²) >= 11 is 1.49. The van der Waals surface area contributed by atoms with Gasteiger partial charge in [0.15, 0.2) is 0 Å². The summed E-state index contributed by atoms with van der Waals surface area (Å²) in [4.78, 5) is 1.33. The Kier molecular flexibility index (Phi) is 6.46. The van der Waals surface area contributed by atoms with Crippen LogP contribution in [0, 0.1) is 12.8 Å². The standard InChI is InChI=1S/C13H24N2O2S2/c1-10(2)6-5-7-15-19(16,17)13-11(3)9-18-12(13)8-14-4/h9-10,14-15H,5-8H2,1-4H3. The minimum absolute atomic E-state index is 0.455. The average Bonchev–Trinajstić information content (AvgIpc) is 2.67. The number of hydrogen-bond acceptors (Lipinski definition) is 4. The van der Waals surface area contributed by atoms with Crippen molar-refractivity contribution in [1.82, 2.24) is 10.0 Å². The van der Waals surface area contributed by atoms with Gasteiger partial charge in [-0.05, 0) is 43.7 Å². The molecule has 0 fully saturated rings. The third-order valence-electron chi connectivity index (χ3n) is 2.85. The summed E-state index contributed by atoms with van der Waals surface area (Å²) in [6.45, 7) is 7.22. The van der Waals surface area contributed by atoms with Crippen LogP contribution in [0.3, 0.4) is 0 Å². The topological polar surface area (TPSA) is 58.2 Å². The first-order chi connectivity index (χ1) is 8.88. The van der Waals surface area contributed by atoms with Gasteiger partial charge in [0, 0.05) is 18.0 Å². The Labute approximate surface area is 120 Å². The largest absolute Gasteiger partial charge is 0.315 e. The van der Waals surface area contributed by atoms with E-state index in [0.717, 1.165) is 23.3 Å². The predicted molar refractivity (Wildman–Crippen MR) is 81.1 cm³/mol. The SMILES string of the molecule is CNCc1scc(C)c1S(=O)(=O)NCCCC(C)C. The molecule has 1 heterocycles. The van der Waals surface area contributed by atoms with Gasteiger partial charge in [0.05, 0.1) is 0 Å². The number of aryl methyl sites for hydroxylation is 1. The van der Waals surface area contributed by atoms with Crippen molar-refractivity contribution in [2.24, 2.45) is 5.92 Å². The van der Waals surface area contributed by atoms with Crippen LogP contribution in [0.1, 0.15) is 37.1 Å². The number of rotatable bonds is 8. The highest BCUT2D eigenvalue weighted by Gasteiger charge is 2.22. The number of thiophene rings is 1. The van der Waals surface area contributed by atoms with Gasteiger partial charge in [0.2, 0.25) is 10.0 Å². The molecule has 0 saturated heterocycles. The maximum atomic E-state index is 12.3. The quantitative estimate of drug-likeness (QED) is 0.726. The molecule has 0 spiro atoms. The summed E-state index contributed by atoms with van der Waals surface area (Å²) in [7, 11) is -1.56. The molecule has 0 aliphatic heterocycles. The van der Waals surface area contributed by atoms with Crippen LogP contribution in [0.5, 0.6) is 0 Å². The van der Waals surface area contributed by atoms with Crippen LogP contribution in [0.4, 0.5) is 0 Å². The molecule has 0 aromatic carbocycles. The van der Waals surface area contributed by atoms with E-state index in [0.29, 0.717) is 23.9 Å². The third kappa shape index (κ3) is 4.87. The van der Waals surface area contributed by atoms with E-state index in [1.165, 1.54) is 11.3 Å². The number of nitrogens with one attached hydrogen (secondary N) is 2. The van der Waals surface area contributed by atoms with Crippen molar-refractivity contribution in [3.05, 3.63) is 15.8 Å². The zero-order valence-electron chi connectivity index (χ0n) is 12.1. The molecule has 0 atom stereocenters. The minimum Gasteiger partial charge on any atom is -0.315 e. The second-order valence-electron chi connectivity index (χ2n) is 5.14. The Morgan fingerprint density at radius 1 is 1.37 bits per heavy atom. The summed E-state index contributed by atoms with van der Waals surface area (Å²) in [5.41, 5.74) is 0.826. The lowest BCUT2D eigenvalue weighted by atomic mass is 10.1. The molecule has 19 heavy (non-hydrogen) atoms. The van der Waals surface area contributed by atoms with E-state index in [9.17, 15) is 8.42 Å². The Morgan fingerprint density at radius 3 is 2.63 bits per heavy atom. The molecular weight excluding hydrogens is 280 g/mol. The molecule has 2 N–H and O–H groups in total. The van der Waals surface area contributed by atoms with Crippen LogP contribution < -0.4 is 10.0 Å². The summed E-state index contributed by atoms with van der Waals surface area (Å²) in [5, 5.41) is 4.91. The van der Waals surface area contributed by atoms with E-state index in [1.54, 1.807) is 0 Å². The molecule has 110 valence electrons. The van der Waals surface area contributed by atoms with Crippen LogP contribution in [0.25, 0.3) is 0 Å². The first-order valence-corrected chi connectivity index (χ1v) is 8.96. The molecule has 0 unspecified atom stereocenters. The van der Waals surface area contributed by atoms with E-state index >= 15 is 0 Å². The lowest BCUT2D eigenvalue weighted by molar-refractivity contribution is 0.539. The first-order valence-electron chi connectivity index (χ1n) is 6.59. The number of hydrogen-bond donors (Lipinski definition) is 2. The van der Waals surface area contributed by atoms with Crippen molar-refractivity contribution < 1.29 is 8.42 Å². The fourth-order valence-corrected chi connectivity index (χ4v) is 4.81. The second kappa shape index (κ2) is 7.38. The molecular formula is C13H24N2O2S2. The van der Waals surface area contributed by atoms with Gasteiger partial charge in [-0.2, -0.15) is 0 Å². The van der Waals surface area contributed by atoms with Gasteiger partial charge in [0.1, 0.15) is 4.90 Å². The molecule has 1 aromatic rings. The number of sulfonamides is 1. The lowest BCUT2D eigenvalue weighted by Gasteiger charge is -2.10. The molecule has 1 aromatic heterocycles. The highest BCUT2D eigenvalue weighted by Crippen LogP contribution is 2.26. The second-order valence-corrected chi connectivity index (χ2v) is 7.80. The zero-order valence-corrected chi connectivity index (χ0v) is 13.7. The van der Waals surface area contributed by atoms with E-state index in [-0.39, 0.29) is 0 Å². The smallest absolute Gasteiger partial charge is 0.241 e. The van der Waals surface area contributed by atoms with Crippen molar-refractivity contribution in [2.45, 2.75) is 45.1 Å². The Balaban J connectivity index is 2.74. The van der Waals surface area contributed by atoms with Gasteiger partial charge in [-0.3, -0.25) is 0 Å². The maximum Gasteiger partial charge on any atom is 0.241 e. The molecule has 0 saturated carbocycles. The van der Waals surface area contributed by atoms with Crippen LogP contribution in [0.15, 0.2) is 10.3 Å². The molecule has 0 aliphatic rings. The van der Waals surface area contributed by atoms with Crippen LogP contribution in [0.2, 0.25) is 0 Å². The van der Waals surface area contributed by atoms with Crippen LogP contribution >= 0.6 is 11.3 Å². The highest BCUT2D eigenvalue weighted by atomic mass is 32.2. The summed E-state index contributed by atoms with van der Waals surface area (Å²) in [5.74, 6) is 0.604. The predicted octanol–water partition coefficient (Wildman–Crippen LogP) is 2.49. The van der Waals surface area contributed by atoms with Crippen LogP contribution in [-0.2, 0) is 16.6 Å². The van der Waals surface area contributed by atoms with E-state index < -0.39 is 10.0 Å². The van der Waals surface area contributed by atoms with E-state index in [2.05, 4.69) is 23.9 Å². The Morgan fingerprint density at radius 2 is 2.05 bits per heavy atom. The van der Waals surface area contributed by atoms with Gasteiger partial charge in [-0.1, -0.05) is 13.8 Å². The molecule has 0 radical (unpaired) electrons. The highest BCUT2D eigenvalue weighted by molar-refractivity contribution is 7.89. The summed E-state index contributed by atoms with van der Waals surface area (Å²) < 4.78 is 27.4. The summed E-state index contributed by atoms with van der Waals surface area (Å²) in [6.07, 6.45) is 1.91.